The lowest BCUT2D eigenvalue weighted by Crippen LogP contribution is -2.19. The van der Waals surface area contributed by atoms with Crippen molar-refractivity contribution in [2.24, 2.45) is 0 Å². The molecule has 2 amide bonds. The zero-order valence-electron chi connectivity index (χ0n) is 15.9. The standard InChI is InChI=1S/C20H21N5O3S/c1-28-18-7-5-15(6-8-18)23-19(26)12-25-11-17(10-22-25)24-20(27)14-29-13-16-4-2-3-9-21-16/h2-11H,12-14H2,1H3,(H,23,26)(H,24,27). The summed E-state index contributed by atoms with van der Waals surface area (Å²) in [6, 6.07) is 12.7. The van der Waals surface area contributed by atoms with Crippen LogP contribution in [0, 0.1) is 0 Å². The summed E-state index contributed by atoms with van der Waals surface area (Å²) >= 11 is 1.48. The number of hydrogen-bond donors (Lipinski definition) is 2. The molecular weight excluding hydrogens is 390 g/mol. The molecule has 0 unspecified atom stereocenters. The van der Waals surface area contributed by atoms with Crippen molar-refractivity contribution in [1.82, 2.24) is 14.8 Å². The normalized spacial score (nSPS) is 10.4. The summed E-state index contributed by atoms with van der Waals surface area (Å²) in [4.78, 5) is 28.4. The molecule has 0 saturated carbocycles. The average molecular weight is 411 g/mol. The molecular formula is C20H21N5O3S. The van der Waals surface area contributed by atoms with Gasteiger partial charge in [0.2, 0.25) is 11.8 Å². The van der Waals surface area contributed by atoms with Crippen LogP contribution < -0.4 is 15.4 Å². The van der Waals surface area contributed by atoms with Gasteiger partial charge in [0.15, 0.2) is 0 Å². The van der Waals surface area contributed by atoms with Gasteiger partial charge in [0.25, 0.3) is 0 Å². The molecule has 0 aliphatic carbocycles. The maximum Gasteiger partial charge on any atom is 0.246 e. The van der Waals surface area contributed by atoms with Crippen molar-refractivity contribution in [2.75, 3.05) is 23.5 Å². The number of benzene rings is 1. The van der Waals surface area contributed by atoms with Crippen molar-refractivity contribution in [3.63, 3.8) is 0 Å². The van der Waals surface area contributed by atoms with Crippen LogP contribution in [0.3, 0.4) is 0 Å². The summed E-state index contributed by atoms with van der Waals surface area (Å²) < 4.78 is 6.55. The molecule has 0 saturated heterocycles. The number of ether oxygens (including phenoxy) is 1. The van der Waals surface area contributed by atoms with E-state index in [0.717, 1.165) is 5.69 Å². The lowest BCUT2D eigenvalue weighted by atomic mass is 10.3. The molecule has 3 aromatic rings. The first-order valence-corrected chi connectivity index (χ1v) is 10.0. The van der Waals surface area contributed by atoms with Crippen LogP contribution in [0.1, 0.15) is 5.69 Å². The number of carbonyl (C=O) groups is 2. The number of pyridine rings is 1. The minimum absolute atomic E-state index is 0.0380. The highest BCUT2D eigenvalue weighted by molar-refractivity contribution is 7.99. The van der Waals surface area contributed by atoms with E-state index in [2.05, 4.69) is 20.7 Å². The van der Waals surface area contributed by atoms with Gasteiger partial charge in [-0.3, -0.25) is 19.3 Å². The van der Waals surface area contributed by atoms with E-state index in [1.54, 1.807) is 43.8 Å². The van der Waals surface area contributed by atoms with Gasteiger partial charge >= 0.3 is 0 Å². The molecule has 9 heteroatoms. The van der Waals surface area contributed by atoms with Gasteiger partial charge in [-0.05, 0) is 36.4 Å². The third kappa shape index (κ3) is 6.65. The van der Waals surface area contributed by atoms with E-state index < -0.39 is 0 Å². The molecule has 0 fully saturated rings. The largest absolute Gasteiger partial charge is 0.497 e. The van der Waals surface area contributed by atoms with E-state index in [1.165, 1.54) is 22.6 Å². The molecule has 2 aromatic heterocycles. The molecule has 0 radical (unpaired) electrons. The number of rotatable bonds is 9. The molecule has 1 aromatic carbocycles. The van der Waals surface area contributed by atoms with Gasteiger partial charge in [-0.15, -0.1) is 11.8 Å². The Bertz CT molecular complexity index is 944. The maximum absolute atomic E-state index is 12.1. The van der Waals surface area contributed by atoms with E-state index in [0.29, 0.717) is 28.6 Å². The van der Waals surface area contributed by atoms with Gasteiger partial charge in [0.1, 0.15) is 12.3 Å². The number of thioether (sulfide) groups is 1. The fourth-order valence-electron chi connectivity index (χ4n) is 2.47. The zero-order chi connectivity index (χ0) is 20.5. The van der Waals surface area contributed by atoms with E-state index in [-0.39, 0.29) is 18.4 Å². The number of methoxy groups -OCH3 is 1. The smallest absolute Gasteiger partial charge is 0.246 e. The van der Waals surface area contributed by atoms with Crippen LogP contribution in [0.2, 0.25) is 0 Å². The molecule has 3 rings (SSSR count). The molecule has 0 atom stereocenters. The average Bonchev–Trinajstić information content (AvgIpc) is 3.15. The first-order valence-electron chi connectivity index (χ1n) is 8.86. The van der Waals surface area contributed by atoms with Gasteiger partial charge in [-0.2, -0.15) is 5.10 Å². The second kappa shape index (κ2) is 10.3. The Balaban J connectivity index is 1.42. The number of anilines is 2. The maximum atomic E-state index is 12.1. The van der Waals surface area contributed by atoms with E-state index in [4.69, 9.17) is 4.74 Å². The highest BCUT2D eigenvalue weighted by atomic mass is 32.2. The van der Waals surface area contributed by atoms with Crippen molar-refractivity contribution in [1.29, 1.82) is 0 Å². The van der Waals surface area contributed by atoms with E-state index >= 15 is 0 Å². The van der Waals surface area contributed by atoms with Crippen molar-refractivity contribution >= 4 is 35.0 Å². The Hall–Kier alpha value is -3.33. The Morgan fingerprint density at radius 2 is 1.86 bits per heavy atom. The summed E-state index contributed by atoms with van der Waals surface area (Å²) in [7, 11) is 1.58. The highest BCUT2D eigenvalue weighted by Crippen LogP contribution is 2.15. The fraction of sp³-hybridized carbons (Fsp3) is 0.200. The molecule has 150 valence electrons. The molecule has 0 aliphatic heterocycles. The van der Waals surface area contributed by atoms with E-state index in [9.17, 15) is 9.59 Å². The summed E-state index contributed by atoms with van der Waals surface area (Å²) in [5.41, 5.74) is 2.15. The SMILES string of the molecule is COc1ccc(NC(=O)Cn2cc(NC(=O)CSCc3ccccn3)cn2)cc1. The minimum atomic E-state index is -0.220. The summed E-state index contributed by atoms with van der Waals surface area (Å²) in [5, 5.41) is 9.67. The molecule has 0 aliphatic rings. The fourth-order valence-corrected chi connectivity index (χ4v) is 3.20. The molecule has 0 spiro atoms. The lowest BCUT2D eigenvalue weighted by molar-refractivity contribution is -0.117. The van der Waals surface area contributed by atoms with Crippen molar-refractivity contribution in [2.45, 2.75) is 12.3 Å². The van der Waals surface area contributed by atoms with Crippen molar-refractivity contribution in [3.8, 4) is 5.75 Å². The third-order valence-corrected chi connectivity index (χ3v) is 4.77. The molecule has 0 bridgehead atoms. The number of nitrogens with one attached hydrogen (secondary N) is 2. The highest BCUT2D eigenvalue weighted by Gasteiger charge is 2.08. The first-order chi connectivity index (χ1) is 14.1. The predicted octanol–water partition coefficient (Wildman–Crippen LogP) is 2.80. The van der Waals surface area contributed by atoms with Crippen LogP contribution in [0.25, 0.3) is 0 Å². The van der Waals surface area contributed by atoms with Gasteiger partial charge in [-0.1, -0.05) is 6.07 Å². The molecule has 29 heavy (non-hydrogen) atoms. The topological polar surface area (TPSA) is 98.1 Å². The zero-order valence-corrected chi connectivity index (χ0v) is 16.7. The Morgan fingerprint density at radius 1 is 1.07 bits per heavy atom. The van der Waals surface area contributed by atoms with Crippen LogP contribution >= 0.6 is 11.8 Å². The third-order valence-electron chi connectivity index (χ3n) is 3.81. The molecule has 2 N–H and O–H groups in total. The monoisotopic (exact) mass is 411 g/mol. The van der Waals surface area contributed by atoms with Gasteiger partial charge < -0.3 is 15.4 Å². The van der Waals surface area contributed by atoms with Gasteiger partial charge in [0, 0.05) is 23.8 Å². The van der Waals surface area contributed by atoms with Crippen LogP contribution in [0.15, 0.2) is 61.1 Å². The molecule has 8 nitrogen and oxygen atoms in total. The van der Waals surface area contributed by atoms with Gasteiger partial charge in [-0.25, -0.2) is 0 Å². The Morgan fingerprint density at radius 3 is 2.59 bits per heavy atom. The lowest BCUT2D eigenvalue weighted by Gasteiger charge is -2.06. The van der Waals surface area contributed by atoms with Crippen LogP contribution in [-0.2, 0) is 21.9 Å². The summed E-state index contributed by atoms with van der Waals surface area (Å²) in [6.07, 6.45) is 4.87. The predicted molar refractivity (Wildman–Crippen MR) is 113 cm³/mol. The Labute approximate surface area is 172 Å². The van der Waals surface area contributed by atoms with Crippen LogP contribution in [0.5, 0.6) is 5.75 Å². The van der Waals surface area contributed by atoms with Crippen LogP contribution in [-0.4, -0.2) is 39.4 Å². The van der Waals surface area contributed by atoms with Gasteiger partial charge in [0.05, 0.1) is 30.4 Å². The number of hydrogen-bond acceptors (Lipinski definition) is 6. The number of amides is 2. The van der Waals surface area contributed by atoms with Crippen molar-refractivity contribution in [3.05, 3.63) is 66.7 Å². The number of aromatic nitrogens is 3. The Kier molecular flexibility index (Phi) is 7.23. The summed E-state index contributed by atoms with van der Waals surface area (Å²) in [6.45, 7) is 0.0380. The number of carbonyl (C=O) groups excluding carboxylic acids is 2. The first kappa shape index (κ1) is 20.4. The minimum Gasteiger partial charge on any atom is -0.497 e. The quantitative estimate of drug-likeness (QED) is 0.562. The molecule has 2 heterocycles. The van der Waals surface area contributed by atoms with Crippen molar-refractivity contribution < 1.29 is 14.3 Å². The van der Waals surface area contributed by atoms with Crippen LogP contribution in [0.4, 0.5) is 11.4 Å². The summed E-state index contributed by atoms with van der Waals surface area (Å²) in [5.74, 6) is 1.34. The van der Waals surface area contributed by atoms with E-state index in [1.807, 2.05) is 18.2 Å². The second-order valence-corrected chi connectivity index (χ2v) is 7.05. The number of nitrogens with zero attached hydrogens (tertiary/aromatic N) is 3. The second-order valence-electron chi connectivity index (χ2n) is 6.07.